The molecule has 1 N–H and O–H groups in total. The van der Waals surface area contributed by atoms with E-state index in [1.54, 1.807) is 14.0 Å². The molecule has 2 heteroatoms. The van der Waals surface area contributed by atoms with Gasteiger partial charge in [-0.15, -0.1) is 0 Å². The fourth-order valence-corrected chi connectivity index (χ4v) is 1.18. The maximum atomic E-state index is 9.38. The summed E-state index contributed by atoms with van der Waals surface area (Å²) in [6, 6.07) is 5.77. The van der Waals surface area contributed by atoms with Crippen molar-refractivity contribution in [3.05, 3.63) is 29.3 Å². The van der Waals surface area contributed by atoms with Crippen molar-refractivity contribution in [3.8, 4) is 5.75 Å². The average molecular weight is 166 g/mol. The van der Waals surface area contributed by atoms with E-state index in [2.05, 4.69) is 0 Å². The summed E-state index contributed by atoms with van der Waals surface area (Å²) in [5, 5.41) is 9.38. The summed E-state index contributed by atoms with van der Waals surface area (Å²) in [5.41, 5.74) is 1.98. The van der Waals surface area contributed by atoms with Crippen molar-refractivity contribution in [2.75, 3.05) is 7.11 Å². The first-order chi connectivity index (χ1) is 5.65. The third-order valence-corrected chi connectivity index (χ3v) is 1.84. The molecule has 0 bridgehead atoms. The van der Waals surface area contributed by atoms with Gasteiger partial charge in [0.2, 0.25) is 0 Å². The predicted octanol–water partition coefficient (Wildman–Crippen LogP) is 2.06. The first-order valence-electron chi connectivity index (χ1n) is 3.97. The second-order valence-corrected chi connectivity index (χ2v) is 2.92. The van der Waals surface area contributed by atoms with E-state index in [0.29, 0.717) is 0 Å². The molecule has 0 spiro atoms. The number of benzene rings is 1. The zero-order chi connectivity index (χ0) is 9.14. The van der Waals surface area contributed by atoms with Crippen molar-refractivity contribution in [3.63, 3.8) is 0 Å². The van der Waals surface area contributed by atoms with Crippen molar-refractivity contribution in [2.24, 2.45) is 0 Å². The molecule has 0 aromatic heterocycles. The third-order valence-electron chi connectivity index (χ3n) is 1.84. The van der Waals surface area contributed by atoms with Crippen molar-refractivity contribution >= 4 is 0 Å². The van der Waals surface area contributed by atoms with Crippen molar-refractivity contribution < 1.29 is 9.84 Å². The number of methoxy groups -OCH3 is 1. The first-order valence-corrected chi connectivity index (χ1v) is 3.97. The van der Waals surface area contributed by atoms with E-state index < -0.39 is 6.10 Å². The molecule has 0 heterocycles. The Balaban J connectivity index is 3.12. The molecular formula is C10H14O2. The topological polar surface area (TPSA) is 29.5 Å². The van der Waals surface area contributed by atoms with Crippen molar-refractivity contribution in [1.82, 2.24) is 0 Å². The van der Waals surface area contributed by atoms with Gasteiger partial charge in [0.05, 0.1) is 13.2 Å². The summed E-state index contributed by atoms with van der Waals surface area (Å²) < 4.78 is 5.10. The molecule has 0 amide bonds. The molecule has 1 rings (SSSR count). The van der Waals surface area contributed by atoms with Gasteiger partial charge in [-0.05, 0) is 26.0 Å². The second kappa shape index (κ2) is 3.59. The van der Waals surface area contributed by atoms with Crippen LogP contribution in [0, 0.1) is 6.92 Å². The molecule has 0 aliphatic heterocycles. The predicted molar refractivity (Wildman–Crippen MR) is 48.4 cm³/mol. The van der Waals surface area contributed by atoms with E-state index in [1.807, 2.05) is 25.1 Å². The number of rotatable bonds is 2. The largest absolute Gasteiger partial charge is 0.496 e. The lowest BCUT2D eigenvalue weighted by atomic mass is 10.1. The monoisotopic (exact) mass is 166 g/mol. The third kappa shape index (κ3) is 1.77. The minimum Gasteiger partial charge on any atom is -0.496 e. The van der Waals surface area contributed by atoms with Crippen LogP contribution in [0.5, 0.6) is 5.75 Å². The van der Waals surface area contributed by atoms with Crippen molar-refractivity contribution in [2.45, 2.75) is 20.0 Å². The summed E-state index contributed by atoms with van der Waals surface area (Å²) in [7, 11) is 1.61. The van der Waals surface area contributed by atoms with E-state index >= 15 is 0 Å². The zero-order valence-corrected chi connectivity index (χ0v) is 7.66. The van der Waals surface area contributed by atoms with Crippen LogP contribution in [-0.2, 0) is 0 Å². The van der Waals surface area contributed by atoms with Gasteiger partial charge in [0.1, 0.15) is 5.75 Å². The van der Waals surface area contributed by atoms with Crippen LogP contribution in [0.1, 0.15) is 24.2 Å². The molecular weight excluding hydrogens is 152 g/mol. The Morgan fingerprint density at radius 2 is 2.08 bits per heavy atom. The van der Waals surface area contributed by atoms with E-state index in [1.165, 1.54) is 0 Å². The molecule has 2 nitrogen and oxygen atoms in total. The van der Waals surface area contributed by atoms with Crippen LogP contribution < -0.4 is 4.74 Å². The lowest BCUT2D eigenvalue weighted by molar-refractivity contribution is 0.194. The number of hydrogen-bond acceptors (Lipinski definition) is 2. The minimum atomic E-state index is -0.472. The van der Waals surface area contributed by atoms with E-state index in [-0.39, 0.29) is 0 Å². The Morgan fingerprint density at radius 1 is 1.42 bits per heavy atom. The molecule has 1 aromatic carbocycles. The number of hydrogen-bond donors (Lipinski definition) is 1. The maximum absolute atomic E-state index is 9.38. The summed E-state index contributed by atoms with van der Waals surface area (Å²) in [6.07, 6.45) is -0.472. The summed E-state index contributed by atoms with van der Waals surface area (Å²) in [4.78, 5) is 0. The Morgan fingerprint density at radius 3 is 2.58 bits per heavy atom. The first kappa shape index (κ1) is 9.07. The second-order valence-electron chi connectivity index (χ2n) is 2.92. The number of aliphatic hydroxyl groups excluding tert-OH is 1. The van der Waals surface area contributed by atoms with Crippen LogP contribution in [0.25, 0.3) is 0 Å². The quantitative estimate of drug-likeness (QED) is 0.728. The number of ether oxygens (including phenoxy) is 1. The van der Waals surface area contributed by atoms with E-state index in [4.69, 9.17) is 4.74 Å². The lowest BCUT2D eigenvalue weighted by Gasteiger charge is -2.11. The summed E-state index contributed by atoms with van der Waals surface area (Å²) in [5.74, 6) is 0.746. The molecule has 0 fully saturated rings. The van der Waals surface area contributed by atoms with Gasteiger partial charge in [-0.25, -0.2) is 0 Å². The number of aryl methyl sites for hydroxylation is 1. The van der Waals surface area contributed by atoms with Crippen LogP contribution in [0.4, 0.5) is 0 Å². The van der Waals surface area contributed by atoms with Gasteiger partial charge in [-0.3, -0.25) is 0 Å². The standard InChI is InChI=1S/C10H14O2/c1-7-4-5-10(12-3)9(6-7)8(2)11/h4-6,8,11H,1-3H3/t8-/m0/s1. The molecule has 0 radical (unpaired) electrons. The molecule has 0 saturated carbocycles. The van der Waals surface area contributed by atoms with Crippen molar-refractivity contribution in [1.29, 1.82) is 0 Å². The van der Waals surface area contributed by atoms with Gasteiger partial charge < -0.3 is 9.84 Å². The molecule has 0 aliphatic carbocycles. The van der Waals surface area contributed by atoms with Gasteiger partial charge in [0.25, 0.3) is 0 Å². The number of aliphatic hydroxyl groups is 1. The fourth-order valence-electron chi connectivity index (χ4n) is 1.18. The molecule has 66 valence electrons. The highest BCUT2D eigenvalue weighted by molar-refractivity contribution is 5.37. The Labute approximate surface area is 72.8 Å². The Hall–Kier alpha value is -1.02. The normalized spacial score (nSPS) is 12.7. The summed E-state index contributed by atoms with van der Waals surface area (Å²) >= 11 is 0. The SMILES string of the molecule is COc1ccc(C)cc1[C@H](C)O. The van der Waals surface area contributed by atoms with Crippen LogP contribution in [0.15, 0.2) is 18.2 Å². The van der Waals surface area contributed by atoms with Gasteiger partial charge in [-0.1, -0.05) is 11.6 Å². The highest BCUT2D eigenvalue weighted by Gasteiger charge is 2.07. The highest BCUT2D eigenvalue weighted by Crippen LogP contribution is 2.25. The highest BCUT2D eigenvalue weighted by atomic mass is 16.5. The van der Waals surface area contributed by atoms with Gasteiger partial charge in [-0.2, -0.15) is 0 Å². The van der Waals surface area contributed by atoms with Gasteiger partial charge in [0, 0.05) is 5.56 Å². The van der Waals surface area contributed by atoms with Gasteiger partial charge >= 0.3 is 0 Å². The van der Waals surface area contributed by atoms with E-state index in [9.17, 15) is 5.11 Å². The van der Waals surface area contributed by atoms with Crippen LogP contribution in [-0.4, -0.2) is 12.2 Å². The molecule has 1 aromatic rings. The van der Waals surface area contributed by atoms with E-state index in [0.717, 1.165) is 16.9 Å². The summed E-state index contributed by atoms with van der Waals surface area (Å²) in [6.45, 7) is 3.72. The molecule has 0 aliphatic rings. The van der Waals surface area contributed by atoms with Gasteiger partial charge in [0.15, 0.2) is 0 Å². The zero-order valence-electron chi connectivity index (χ0n) is 7.66. The molecule has 12 heavy (non-hydrogen) atoms. The Kier molecular flexibility index (Phi) is 2.71. The maximum Gasteiger partial charge on any atom is 0.124 e. The van der Waals surface area contributed by atoms with Crippen LogP contribution in [0.2, 0.25) is 0 Å². The minimum absolute atomic E-state index is 0.472. The van der Waals surface area contributed by atoms with Crippen LogP contribution in [0.3, 0.4) is 0 Å². The smallest absolute Gasteiger partial charge is 0.124 e. The molecule has 0 unspecified atom stereocenters. The Bertz CT molecular complexity index is 267. The van der Waals surface area contributed by atoms with Crippen LogP contribution >= 0.6 is 0 Å². The molecule has 0 saturated heterocycles. The average Bonchev–Trinajstić information content (AvgIpc) is 2.04. The fraction of sp³-hybridized carbons (Fsp3) is 0.400. The lowest BCUT2D eigenvalue weighted by Crippen LogP contribution is -1.96. The molecule has 1 atom stereocenters.